The van der Waals surface area contributed by atoms with Crippen molar-refractivity contribution in [3.8, 4) is 0 Å². The number of carbonyl (C=O) groups is 1. The van der Waals surface area contributed by atoms with Gasteiger partial charge in [-0.2, -0.15) is 0 Å². The fraction of sp³-hybridized carbons (Fsp3) is 0.130. The summed E-state index contributed by atoms with van der Waals surface area (Å²) < 4.78 is 29.8. The number of nitrogens with one attached hydrogen (secondary N) is 1. The van der Waals surface area contributed by atoms with Gasteiger partial charge in [0.05, 0.1) is 22.1 Å². The van der Waals surface area contributed by atoms with Crippen LogP contribution in [0, 0.1) is 0 Å². The predicted molar refractivity (Wildman–Crippen MR) is 128 cm³/mol. The summed E-state index contributed by atoms with van der Waals surface area (Å²) in [6.07, 6.45) is 0. The predicted octanol–water partition coefficient (Wildman–Crippen LogP) is 5.50. The maximum Gasteiger partial charge on any atom is 0.257 e. The molecule has 0 aliphatic carbocycles. The van der Waals surface area contributed by atoms with Gasteiger partial charge in [-0.05, 0) is 42.5 Å². The van der Waals surface area contributed by atoms with Crippen molar-refractivity contribution in [1.82, 2.24) is 4.98 Å². The zero-order valence-corrected chi connectivity index (χ0v) is 19.6. The Bertz CT molecular complexity index is 1350. The van der Waals surface area contributed by atoms with Crippen LogP contribution in [0.1, 0.15) is 6.92 Å². The molecule has 0 atom stereocenters. The van der Waals surface area contributed by atoms with E-state index in [-0.39, 0.29) is 22.3 Å². The van der Waals surface area contributed by atoms with Crippen LogP contribution in [0.3, 0.4) is 0 Å². The summed E-state index contributed by atoms with van der Waals surface area (Å²) in [6, 6.07) is 22.2. The van der Waals surface area contributed by atoms with Gasteiger partial charge < -0.3 is 9.73 Å². The Labute approximate surface area is 194 Å². The first-order valence-corrected chi connectivity index (χ1v) is 13.3. The number of anilines is 1. The second kappa shape index (κ2) is 9.81. The number of para-hydroxylation sites is 1. The molecule has 6 nitrogen and oxygen atoms in total. The number of amides is 1. The van der Waals surface area contributed by atoms with Gasteiger partial charge in [-0.1, -0.05) is 60.8 Å². The quantitative estimate of drug-likeness (QED) is 0.330. The summed E-state index contributed by atoms with van der Waals surface area (Å²) in [7, 11) is -3.32. The number of sulfone groups is 1. The van der Waals surface area contributed by atoms with Crippen LogP contribution in [0.4, 0.5) is 5.69 Å². The van der Waals surface area contributed by atoms with Crippen LogP contribution in [0.2, 0.25) is 0 Å². The Morgan fingerprint density at radius 1 is 1.03 bits per heavy atom. The molecular formula is C23H20N2O4S3. The van der Waals surface area contributed by atoms with Gasteiger partial charge in [0, 0.05) is 9.79 Å². The second-order valence-electron chi connectivity index (χ2n) is 6.76. The van der Waals surface area contributed by atoms with E-state index in [4.69, 9.17) is 4.42 Å². The van der Waals surface area contributed by atoms with E-state index in [1.807, 2.05) is 54.6 Å². The Balaban J connectivity index is 1.42. The Morgan fingerprint density at radius 2 is 1.78 bits per heavy atom. The van der Waals surface area contributed by atoms with Gasteiger partial charge in [-0.3, -0.25) is 4.79 Å². The molecule has 3 aromatic carbocycles. The van der Waals surface area contributed by atoms with Crippen LogP contribution >= 0.6 is 23.5 Å². The number of nitrogens with zero attached hydrogens (tertiary/aromatic N) is 1. The molecule has 164 valence electrons. The molecule has 1 heterocycles. The highest BCUT2D eigenvalue weighted by Crippen LogP contribution is 2.33. The molecule has 0 aliphatic rings. The van der Waals surface area contributed by atoms with Crippen LogP contribution < -0.4 is 5.32 Å². The Kier molecular flexibility index (Phi) is 6.88. The maximum atomic E-state index is 12.5. The van der Waals surface area contributed by atoms with Crippen LogP contribution in [0.25, 0.3) is 11.1 Å². The summed E-state index contributed by atoms with van der Waals surface area (Å²) >= 11 is 2.73. The summed E-state index contributed by atoms with van der Waals surface area (Å²) in [5, 5.41) is 3.26. The standard InChI is InChI=1S/C23H20N2O4S3/c1-2-32(27,28)17-12-13-20-19(14-17)25-23(29-20)30-15-22(26)24-18-10-6-7-11-21(18)31-16-8-4-3-5-9-16/h3-14H,2,15H2,1H3,(H,24,26). The van der Waals surface area contributed by atoms with Gasteiger partial charge in [-0.15, -0.1) is 0 Å². The minimum absolute atomic E-state index is 0.0160. The molecule has 1 N–H and O–H groups in total. The van der Waals surface area contributed by atoms with E-state index in [1.165, 1.54) is 12.1 Å². The molecule has 32 heavy (non-hydrogen) atoms. The molecule has 0 unspecified atom stereocenters. The SMILES string of the molecule is CCS(=O)(=O)c1ccc2oc(SCC(=O)Nc3ccccc3Sc3ccccc3)nc2c1. The van der Waals surface area contributed by atoms with Gasteiger partial charge in [0.2, 0.25) is 5.91 Å². The molecule has 1 amide bonds. The number of hydrogen-bond acceptors (Lipinski definition) is 7. The zero-order chi connectivity index (χ0) is 22.6. The number of thioether (sulfide) groups is 1. The number of carbonyl (C=O) groups excluding carboxylic acids is 1. The Morgan fingerprint density at radius 3 is 2.56 bits per heavy atom. The second-order valence-corrected chi connectivity index (χ2v) is 11.1. The van der Waals surface area contributed by atoms with E-state index in [9.17, 15) is 13.2 Å². The normalized spacial score (nSPS) is 11.5. The molecule has 4 aromatic rings. The lowest BCUT2D eigenvalue weighted by atomic mass is 10.3. The Hall–Kier alpha value is -2.75. The summed E-state index contributed by atoms with van der Waals surface area (Å²) in [4.78, 5) is 19.1. The van der Waals surface area contributed by atoms with Gasteiger partial charge in [-0.25, -0.2) is 13.4 Å². The van der Waals surface area contributed by atoms with Crippen LogP contribution in [0.15, 0.2) is 97.1 Å². The van der Waals surface area contributed by atoms with Crippen molar-refractivity contribution < 1.29 is 17.6 Å². The first-order valence-electron chi connectivity index (χ1n) is 9.82. The van der Waals surface area contributed by atoms with E-state index in [1.54, 1.807) is 24.8 Å². The molecule has 0 saturated carbocycles. The maximum absolute atomic E-state index is 12.5. The summed E-state index contributed by atoms with van der Waals surface area (Å²) in [5.41, 5.74) is 1.67. The highest BCUT2D eigenvalue weighted by Gasteiger charge is 2.16. The average molecular weight is 485 g/mol. The van der Waals surface area contributed by atoms with Crippen molar-refractivity contribution in [3.63, 3.8) is 0 Å². The van der Waals surface area contributed by atoms with Gasteiger partial charge in [0.15, 0.2) is 15.4 Å². The molecule has 0 spiro atoms. The molecule has 4 rings (SSSR count). The zero-order valence-electron chi connectivity index (χ0n) is 17.1. The summed E-state index contributed by atoms with van der Waals surface area (Å²) in [6.45, 7) is 1.60. The minimum Gasteiger partial charge on any atom is -0.431 e. The van der Waals surface area contributed by atoms with Gasteiger partial charge in [0.25, 0.3) is 5.22 Å². The van der Waals surface area contributed by atoms with Crippen molar-refractivity contribution in [3.05, 3.63) is 72.8 Å². The molecule has 1 aromatic heterocycles. The number of hydrogen-bond donors (Lipinski definition) is 1. The van der Waals surface area contributed by atoms with Crippen molar-refractivity contribution in [2.24, 2.45) is 0 Å². The van der Waals surface area contributed by atoms with E-state index in [2.05, 4.69) is 10.3 Å². The molecular weight excluding hydrogens is 464 g/mol. The molecule has 0 aliphatic heterocycles. The third-order valence-electron chi connectivity index (χ3n) is 4.54. The lowest BCUT2D eigenvalue weighted by molar-refractivity contribution is -0.113. The fourth-order valence-corrected chi connectivity index (χ4v) is 5.36. The first kappa shape index (κ1) is 22.4. The lowest BCUT2D eigenvalue weighted by Gasteiger charge is -2.10. The molecule has 9 heteroatoms. The van der Waals surface area contributed by atoms with Crippen molar-refractivity contribution >= 4 is 56.1 Å². The van der Waals surface area contributed by atoms with Crippen LogP contribution in [0.5, 0.6) is 0 Å². The average Bonchev–Trinajstić information content (AvgIpc) is 3.22. The minimum atomic E-state index is -3.32. The monoisotopic (exact) mass is 484 g/mol. The number of benzene rings is 3. The van der Waals surface area contributed by atoms with Gasteiger partial charge in [0.1, 0.15) is 5.52 Å². The highest BCUT2D eigenvalue weighted by molar-refractivity contribution is 8.00. The molecule has 0 bridgehead atoms. The number of fused-ring (bicyclic) bond motifs is 1. The first-order chi connectivity index (χ1) is 15.4. The van der Waals surface area contributed by atoms with Crippen LogP contribution in [-0.4, -0.2) is 30.8 Å². The van der Waals surface area contributed by atoms with Crippen molar-refractivity contribution in [2.45, 2.75) is 26.8 Å². The van der Waals surface area contributed by atoms with E-state index >= 15 is 0 Å². The topological polar surface area (TPSA) is 89.3 Å². The van der Waals surface area contributed by atoms with Crippen molar-refractivity contribution in [2.75, 3.05) is 16.8 Å². The number of aromatic nitrogens is 1. The largest absolute Gasteiger partial charge is 0.431 e. The lowest BCUT2D eigenvalue weighted by Crippen LogP contribution is -2.14. The van der Waals surface area contributed by atoms with Crippen molar-refractivity contribution in [1.29, 1.82) is 0 Å². The summed E-state index contributed by atoms with van der Waals surface area (Å²) in [5.74, 6) is -0.0629. The van der Waals surface area contributed by atoms with E-state index in [0.717, 1.165) is 27.2 Å². The third kappa shape index (κ3) is 5.35. The number of rotatable bonds is 8. The third-order valence-corrected chi connectivity index (χ3v) is 8.18. The molecule has 0 fully saturated rings. The highest BCUT2D eigenvalue weighted by atomic mass is 32.2. The van der Waals surface area contributed by atoms with Crippen LogP contribution in [-0.2, 0) is 14.6 Å². The van der Waals surface area contributed by atoms with Gasteiger partial charge >= 0.3 is 0 Å². The van der Waals surface area contributed by atoms with E-state index in [0.29, 0.717) is 16.3 Å². The fourth-order valence-electron chi connectivity index (χ4n) is 2.90. The molecule has 0 saturated heterocycles. The smallest absolute Gasteiger partial charge is 0.257 e. The van der Waals surface area contributed by atoms with E-state index < -0.39 is 9.84 Å². The number of oxazole rings is 1. The molecule has 0 radical (unpaired) electrons.